The molecule has 1 aromatic carbocycles. The van der Waals surface area contributed by atoms with Crippen LogP contribution >= 0.6 is 23.5 Å². The second kappa shape index (κ2) is 7.61. The summed E-state index contributed by atoms with van der Waals surface area (Å²) in [5.41, 5.74) is 0. The highest BCUT2D eigenvalue weighted by molar-refractivity contribution is 8.00. The fourth-order valence-corrected chi connectivity index (χ4v) is 3.88. The van der Waals surface area contributed by atoms with E-state index < -0.39 is 12.0 Å². The molecule has 0 aromatic heterocycles. The van der Waals surface area contributed by atoms with Crippen LogP contribution in [-0.2, 0) is 9.59 Å². The molecule has 1 saturated heterocycles. The monoisotopic (exact) mass is 327 g/mol. The fourth-order valence-electron chi connectivity index (χ4n) is 1.92. The Morgan fingerprint density at radius 3 is 2.76 bits per heavy atom. The highest BCUT2D eigenvalue weighted by atomic mass is 32.2. The van der Waals surface area contributed by atoms with E-state index in [9.17, 15) is 9.59 Å². The molecule has 21 heavy (non-hydrogen) atoms. The minimum Gasteiger partial charge on any atom is -0.494 e. The van der Waals surface area contributed by atoms with E-state index in [0.29, 0.717) is 18.2 Å². The molecule has 1 N–H and O–H groups in total. The quantitative estimate of drug-likeness (QED) is 0.808. The minimum absolute atomic E-state index is 0.133. The molecule has 1 heterocycles. The van der Waals surface area contributed by atoms with Gasteiger partial charge in [0.15, 0.2) is 0 Å². The first-order chi connectivity index (χ1) is 10.1. The van der Waals surface area contributed by atoms with Crippen molar-refractivity contribution in [3.05, 3.63) is 24.3 Å². The maximum atomic E-state index is 12.1. The number of carbonyl (C=O) groups is 2. The SMILES string of the molecule is CCOc1ccc(SCC(=O)N2CSCC2C(=O)O)cc1. The van der Waals surface area contributed by atoms with Crippen LogP contribution in [0, 0.1) is 0 Å². The maximum Gasteiger partial charge on any atom is 0.327 e. The van der Waals surface area contributed by atoms with E-state index >= 15 is 0 Å². The Balaban J connectivity index is 1.87. The van der Waals surface area contributed by atoms with E-state index in [4.69, 9.17) is 9.84 Å². The number of rotatable bonds is 6. The van der Waals surface area contributed by atoms with Crippen LogP contribution in [0.2, 0.25) is 0 Å². The number of carboxylic acid groups (broad SMARTS) is 1. The largest absolute Gasteiger partial charge is 0.494 e. The molecule has 2 rings (SSSR count). The van der Waals surface area contributed by atoms with Crippen LogP contribution in [0.5, 0.6) is 5.75 Å². The highest BCUT2D eigenvalue weighted by Gasteiger charge is 2.34. The van der Waals surface area contributed by atoms with Crippen LogP contribution in [-0.4, -0.2) is 51.9 Å². The molecule has 1 aromatic rings. The van der Waals surface area contributed by atoms with Gasteiger partial charge in [-0.3, -0.25) is 4.79 Å². The Morgan fingerprint density at radius 1 is 1.43 bits per heavy atom. The van der Waals surface area contributed by atoms with Crippen LogP contribution in [0.3, 0.4) is 0 Å². The number of carboxylic acids is 1. The van der Waals surface area contributed by atoms with Gasteiger partial charge >= 0.3 is 5.97 Å². The third-order valence-corrected chi connectivity index (χ3v) is 4.99. The average Bonchev–Trinajstić information content (AvgIpc) is 2.96. The molecule has 1 amide bonds. The van der Waals surface area contributed by atoms with Crippen LogP contribution in [0.15, 0.2) is 29.2 Å². The molecule has 1 aliphatic heterocycles. The maximum absolute atomic E-state index is 12.1. The first-order valence-electron chi connectivity index (χ1n) is 6.57. The van der Waals surface area contributed by atoms with E-state index in [-0.39, 0.29) is 11.7 Å². The molecule has 1 aliphatic rings. The first kappa shape index (κ1) is 16.0. The number of hydrogen-bond donors (Lipinski definition) is 1. The lowest BCUT2D eigenvalue weighted by Gasteiger charge is -2.20. The van der Waals surface area contributed by atoms with Crippen molar-refractivity contribution in [3.8, 4) is 5.75 Å². The Morgan fingerprint density at radius 2 is 2.14 bits per heavy atom. The van der Waals surface area contributed by atoms with Crippen molar-refractivity contribution in [2.75, 3.05) is 24.0 Å². The molecule has 1 atom stereocenters. The standard InChI is InChI=1S/C14H17NO4S2/c1-2-19-10-3-5-11(6-4-10)21-8-13(16)15-9-20-7-12(15)14(17)18/h3-6,12H,2,7-9H2,1H3,(H,17,18). The number of nitrogens with zero attached hydrogens (tertiary/aromatic N) is 1. The van der Waals surface area contributed by atoms with Gasteiger partial charge in [0.25, 0.3) is 0 Å². The summed E-state index contributed by atoms with van der Waals surface area (Å²) in [6.45, 7) is 2.54. The van der Waals surface area contributed by atoms with E-state index in [1.165, 1.54) is 28.4 Å². The van der Waals surface area contributed by atoms with Gasteiger partial charge in [0.05, 0.1) is 18.2 Å². The van der Waals surface area contributed by atoms with Gasteiger partial charge in [-0.05, 0) is 31.2 Å². The second-order valence-corrected chi connectivity index (χ2v) is 6.46. The molecule has 0 spiro atoms. The second-order valence-electron chi connectivity index (χ2n) is 4.41. The Kier molecular flexibility index (Phi) is 5.81. The van der Waals surface area contributed by atoms with Crippen molar-refractivity contribution in [1.29, 1.82) is 0 Å². The molecular formula is C14H17NO4S2. The molecule has 114 valence electrons. The Hall–Kier alpha value is -1.34. The molecule has 1 fully saturated rings. The summed E-state index contributed by atoms with van der Waals surface area (Å²) < 4.78 is 5.36. The molecule has 0 saturated carbocycles. The molecule has 0 aliphatic carbocycles. The predicted molar refractivity (Wildman–Crippen MR) is 83.9 cm³/mol. The number of carbonyl (C=O) groups excluding carboxylic acids is 1. The van der Waals surface area contributed by atoms with Gasteiger partial charge in [-0.2, -0.15) is 0 Å². The number of thioether (sulfide) groups is 2. The normalized spacial score (nSPS) is 17.8. The van der Waals surface area contributed by atoms with E-state index in [0.717, 1.165) is 10.6 Å². The van der Waals surface area contributed by atoms with E-state index in [2.05, 4.69) is 0 Å². The number of amides is 1. The molecule has 1 unspecified atom stereocenters. The lowest BCUT2D eigenvalue weighted by Crippen LogP contribution is -2.42. The van der Waals surface area contributed by atoms with Crippen LogP contribution in [0.25, 0.3) is 0 Å². The van der Waals surface area contributed by atoms with E-state index in [1.54, 1.807) is 0 Å². The van der Waals surface area contributed by atoms with Gasteiger partial charge in [-0.1, -0.05) is 0 Å². The molecule has 0 radical (unpaired) electrons. The smallest absolute Gasteiger partial charge is 0.327 e. The fraction of sp³-hybridized carbons (Fsp3) is 0.429. The van der Waals surface area contributed by atoms with Gasteiger partial charge < -0.3 is 14.7 Å². The topological polar surface area (TPSA) is 66.8 Å². The summed E-state index contributed by atoms with van der Waals surface area (Å²) in [7, 11) is 0. The third kappa shape index (κ3) is 4.31. The van der Waals surface area contributed by atoms with Crippen molar-refractivity contribution >= 4 is 35.4 Å². The highest BCUT2D eigenvalue weighted by Crippen LogP contribution is 2.25. The van der Waals surface area contributed by atoms with Crippen molar-refractivity contribution in [2.45, 2.75) is 17.9 Å². The van der Waals surface area contributed by atoms with Crippen molar-refractivity contribution < 1.29 is 19.4 Å². The van der Waals surface area contributed by atoms with Gasteiger partial charge in [-0.15, -0.1) is 23.5 Å². The summed E-state index contributed by atoms with van der Waals surface area (Å²) in [6, 6.07) is 6.83. The Labute approximate surface area is 132 Å². The van der Waals surface area contributed by atoms with Gasteiger partial charge in [0.2, 0.25) is 5.91 Å². The molecular weight excluding hydrogens is 310 g/mol. The van der Waals surface area contributed by atoms with Gasteiger partial charge in [0.1, 0.15) is 11.8 Å². The van der Waals surface area contributed by atoms with E-state index in [1.807, 2.05) is 31.2 Å². The van der Waals surface area contributed by atoms with Crippen molar-refractivity contribution in [3.63, 3.8) is 0 Å². The zero-order valence-corrected chi connectivity index (χ0v) is 13.3. The van der Waals surface area contributed by atoms with Crippen LogP contribution in [0.1, 0.15) is 6.92 Å². The minimum atomic E-state index is -0.931. The third-order valence-electron chi connectivity index (χ3n) is 2.98. The number of ether oxygens (including phenoxy) is 1. The van der Waals surface area contributed by atoms with Crippen LogP contribution in [0.4, 0.5) is 0 Å². The lowest BCUT2D eigenvalue weighted by molar-refractivity contribution is -0.146. The zero-order chi connectivity index (χ0) is 15.2. The zero-order valence-electron chi connectivity index (χ0n) is 11.7. The number of hydrogen-bond acceptors (Lipinski definition) is 5. The van der Waals surface area contributed by atoms with Gasteiger partial charge in [0, 0.05) is 10.6 Å². The summed E-state index contributed by atoms with van der Waals surface area (Å²) in [5.74, 6) is 0.910. The summed E-state index contributed by atoms with van der Waals surface area (Å²) in [4.78, 5) is 25.6. The molecule has 0 bridgehead atoms. The Bertz CT molecular complexity index is 506. The number of aliphatic carboxylic acids is 1. The summed E-state index contributed by atoms with van der Waals surface area (Å²) in [5, 5.41) is 9.07. The van der Waals surface area contributed by atoms with Gasteiger partial charge in [-0.25, -0.2) is 4.79 Å². The molecule has 5 nitrogen and oxygen atoms in total. The summed E-state index contributed by atoms with van der Waals surface area (Å²) in [6.07, 6.45) is 0. The van der Waals surface area contributed by atoms with Crippen molar-refractivity contribution in [1.82, 2.24) is 4.90 Å². The number of benzene rings is 1. The predicted octanol–water partition coefficient (Wildman–Crippen LogP) is 2.16. The first-order valence-corrected chi connectivity index (χ1v) is 8.71. The summed E-state index contributed by atoms with van der Waals surface area (Å²) >= 11 is 2.88. The lowest BCUT2D eigenvalue weighted by atomic mass is 10.3. The average molecular weight is 327 g/mol. The van der Waals surface area contributed by atoms with Crippen LogP contribution < -0.4 is 4.74 Å². The van der Waals surface area contributed by atoms with Crippen molar-refractivity contribution in [2.24, 2.45) is 0 Å². The molecule has 7 heteroatoms.